The van der Waals surface area contributed by atoms with Gasteiger partial charge in [0.05, 0.1) is 6.61 Å². The van der Waals surface area contributed by atoms with Crippen LogP contribution < -0.4 is 0 Å². The summed E-state index contributed by atoms with van der Waals surface area (Å²) in [5.41, 5.74) is 0.719. The maximum Gasteiger partial charge on any atom is 0.393 e. The number of aromatic nitrogens is 1. The van der Waals surface area contributed by atoms with Crippen LogP contribution in [-0.2, 0) is 9.53 Å². The zero-order valence-electron chi connectivity index (χ0n) is 9.88. The van der Waals surface area contributed by atoms with Crippen molar-refractivity contribution < 1.29 is 18.3 Å². The highest BCUT2D eigenvalue weighted by atomic mass is 79.9. The molecule has 7 heteroatoms. The highest BCUT2D eigenvalue weighted by Gasteiger charge is 2.42. The van der Waals surface area contributed by atoms with E-state index in [0.29, 0.717) is 10.3 Å². The van der Waals surface area contributed by atoms with E-state index in [2.05, 4.69) is 25.7 Å². The number of ether oxygens (including phenoxy) is 1. The van der Waals surface area contributed by atoms with Crippen molar-refractivity contribution in [2.75, 3.05) is 6.61 Å². The molecule has 0 aliphatic carbocycles. The third-order valence-corrected chi connectivity index (χ3v) is 3.83. The Kier molecular flexibility index (Phi) is 4.15. The summed E-state index contributed by atoms with van der Waals surface area (Å²) in [6.45, 7) is 1.41. The minimum atomic E-state index is -3.60. The number of hydrogen-bond acceptors (Lipinski definition) is 3. The molecule has 0 spiro atoms. The van der Waals surface area contributed by atoms with Crippen molar-refractivity contribution in [2.24, 2.45) is 0 Å². The van der Waals surface area contributed by atoms with E-state index in [1.54, 1.807) is 18.2 Å². The third-order valence-electron chi connectivity index (χ3n) is 2.36. The number of carbonyl (C=O) groups excluding carboxylic acids is 1. The van der Waals surface area contributed by atoms with Gasteiger partial charge in [-0.1, -0.05) is 22.0 Å². The number of rotatable bonds is 4. The van der Waals surface area contributed by atoms with Gasteiger partial charge < -0.3 is 9.72 Å². The molecule has 102 valence electrons. The van der Waals surface area contributed by atoms with E-state index in [1.807, 2.05) is 0 Å². The Morgan fingerprint density at radius 2 is 2.26 bits per heavy atom. The van der Waals surface area contributed by atoms with Gasteiger partial charge in [-0.25, -0.2) is 4.79 Å². The van der Waals surface area contributed by atoms with Crippen LogP contribution in [0.2, 0.25) is 0 Å². The summed E-state index contributed by atoms with van der Waals surface area (Å²) in [5, 5.41) is -2.96. The summed E-state index contributed by atoms with van der Waals surface area (Å²) in [4.78, 5) is 14.4. The van der Waals surface area contributed by atoms with Gasteiger partial charge in [0.25, 0.3) is 0 Å². The second kappa shape index (κ2) is 5.50. The van der Waals surface area contributed by atoms with Gasteiger partial charge in [-0.15, -0.1) is 0 Å². The largest absolute Gasteiger partial charge is 0.461 e. The topological polar surface area (TPSA) is 42.1 Å². The lowest BCUT2D eigenvalue weighted by atomic mass is 10.2. The van der Waals surface area contributed by atoms with Crippen LogP contribution >= 0.6 is 27.7 Å². The molecular weight excluding hydrogens is 340 g/mol. The van der Waals surface area contributed by atoms with Crippen molar-refractivity contribution in [1.29, 1.82) is 0 Å². The first-order valence-corrected chi connectivity index (χ1v) is 7.05. The first-order valence-electron chi connectivity index (χ1n) is 5.44. The number of esters is 1. The first kappa shape index (κ1) is 14.3. The molecule has 0 saturated heterocycles. The number of thioether (sulfide) groups is 1. The number of carbonyl (C=O) groups is 1. The zero-order valence-corrected chi connectivity index (χ0v) is 12.3. The van der Waals surface area contributed by atoms with Crippen LogP contribution in [0.25, 0.3) is 10.9 Å². The van der Waals surface area contributed by atoms with Gasteiger partial charge in [-0.05, 0) is 30.8 Å². The van der Waals surface area contributed by atoms with Crippen LogP contribution in [0.3, 0.4) is 0 Å². The lowest BCUT2D eigenvalue weighted by Crippen LogP contribution is -2.26. The van der Waals surface area contributed by atoms with Crippen LogP contribution in [0.15, 0.2) is 33.8 Å². The van der Waals surface area contributed by atoms with Gasteiger partial charge in [0.1, 0.15) is 0 Å². The SMILES string of the molecule is CCOC(=O)C(F)(F)Sc1c[nH]c2cc(Br)ccc12. The lowest BCUT2D eigenvalue weighted by molar-refractivity contribution is -0.159. The molecule has 3 nitrogen and oxygen atoms in total. The van der Waals surface area contributed by atoms with E-state index < -0.39 is 11.2 Å². The maximum atomic E-state index is 13.6. The second-order valence-electron chi connectivity index (χ2n) is 3.68. The Morgan fingerprint density at radius 1 is 1.53 bits per heavy atom. The van der Waals surface area contributed by atoms with E-state index in [4.69, 9.17) is 0 Å². The Labute approximate surface area is 120 Å². The molecule has 0 aliphatic heterocycles. The van der Waals surface area contributed by atoms with Crippen LogP contribution in [0.1, 0.15) is 6.92 Å². The van der Waals surface area contributed by atoms with E-state index >= 15 is 0 Å². The Balaban J connectivity index is 2.28. The smallest absolute Gasteiger partial charge is 0.393 e. The summed E-state index contributed by atoms with van der Waals surface area (Å²) >= 11 is 3.48. The number of halogens is 3. The van der Waals surface area contributed by atoms with Gasteiger partial charge >= 0.3 is 11.2 Å². The number of aromatic amines is 1. The van der Waals surface area contributed by atoms with Crippen LogP contribution in [0.4, 0.5) is 8.78 Å². The first-order chi connectivity index (χ1) is 8.94. The molecule has 0 atom stereocenters. The lowest BCUT2D eigenvalue weighted by Gasteiger charge is -2.13. The summed E-state index contributed by atoms with van der Waals surface area (Å²) in [6.07, 6.45) is 1.45. The molecule has 1 aromatic heterocycles. The van der Waals surface area contributed by atoms with Gasteiger partial charge in [0.2, 0.25) is 0 Å². The quantitative estimate of drug-likeness (QED) is 0.665. The van der Waals surface area contributed by atoms with Crippen molar-refractivity contribution in [3.05, 3.63) is 28.9 Å². The molecule has 0 fully saturated rings. The van der Waals surface area contributed by atoms with Crippen LogP contribution in [0, 0.1) is 0 Å². The fraction of sp³-hybridized carbons (Fsp3) is 0.250. The average molecular weight is 350 g/mol. The minimum Gasteiger partial charge on any atom is -0.461 e. The predicted molar refractivity (Wildman–Crippen MR) is 73.4 cm³/mol. The summed E-state index contributed by atoms with van der Waals surface area (Å²) in [5.74, 6) is -1.52. The van der Waals surface area contributed by atoms with Gasteiger partial charge in [0.15, 0.2) is 0 Å². The number of benzene rings is 1. The van der Waals surface area contributed by atoms with Crippen molar-refractivity contribution >= 4 is 44.6 Å². The fourth-order valence-electron chi connectivity index (χ4n) is 1.55. The Bertz CT molecular complexity index is 615. The molecule has 1 N–H and O–H groups in total. The number of nitrogens with one attached hydrogen (secondary N) is 1. The number of fused-ring (bicyclic) bond motifs is 1. The molecule has 1 aromatic carbocycles. The maximum absolute atomic E-state index is 13.6. The van der Waals surface area contributed by atoms with Crippen molar-refractivity contribution in [1.82, 2.24) is 4.98 Å². The summed E-state index contributed by atoms with van der Waals surface area (Å²) < 4.78 is 32.5. The summed E-state index contributed by atoms with van der Waals surface area (Å²) in [6, 6.07) is 5.24. The fourth-order valence-corrected chi connectivity index (χ4v) is 2.74. The van der Waals surface area contributed by atoms with E-state index in [1.165, 1.54) is 13.1 Å². The van der Waals surface area contributed by atoms with Gasteiger partial charge in [0, 0.05) is 26.5 Å². The average Bonchev–Trinajstić information content (AvgIpc) is 2.71. The summed E-state index contributed by atoms with van der Waals surface area (Å²) in [7, 11) is 0. The molecule has 0 bridgehead atoms. The molecule has 19 heavy (non-hydrogen) atoms. The highest BCUT2D eigenvalue weighted by molar-refractivity contribution is 9.10. The Morgan fingerprint density at radius 3 is 2.95 bits per heavy atom. The predicted octanol–water partition coefficient (Wildman–Crippen LogP) is 4.18. The standard InChI is InChI=1S/C12H10BrF2NO2S/c1-2-18-11(17)12(14,15)19-10-6-16-9-5-7(13)3-4-8(9)10/h3-6,16H,2H2,1H3. The van der Waals surface area contributed by atoms with Crippen molar-refractivity contribution in [3.63, 3.8) is 0 Å². The molecule has 0 amide bonds. The van der Waals surface area contributed by atoms with E-state index in [-0.39, 0.29) is 18.4 Å². The van der Waals surface area contributed by atoms with Crippen LogP contribution in [-0.4, -0.2) is 22.8 Å². The number of alkyl halides is 2. The van der Waals surface area contributed by atoms with Gasteiger partial charge in [-0.2, -0.15) is 8.78 Å². The normalized spacial score (nSPS) is 11.8. The van der Waals surface area contributed by atoms with Gasteiger partial charge in [-0.3, -0.25) is 0 Å². The van der Waals surface area contributed by atoms with E-state index in [9.17, 15) is 13.6 Å². The molecule has 1 heterocycles. The molecular formula is C12H10BrF2NO2S. The van der Waals surface area contributed by atoms with Crippen LogP contribution in [0.5, 0.6) is 0 Å². The van der Waals surface area contributed by atoms with E-state index in [0.717, 1.165) is 9.99 Å². The molecule has 2 rings (SSSR count). The second-order valence-corrected chi connectivity index (χ2v) is 5.75. The molecule has 0 radical (unpaired) electrons. The van der Waals surface area contributed by atoms with Crippen molar-refractivity contribution in [3.8, 4) is 0 Å². The molecule has 0 saturated carbocycles. The molecule has 2 aromatic rings. The Hall–Kier alpha value is -1.08. The zero-order chi connectivity index (χ0) is 14.0. The third kappa shape index (κ3) is 3.09. The van der Waals surface area contributed by atoms with Crippen molar-refractivity contribution in [2.45, 2.75) is 17.1 Å². The number of H-pyrrole nitrogens is 1. The minimum absolute atomic E-state index is 0.0736. The molecule has 0 unspecified atom stereocenters. The number of hydrogen-bond donors (Lipinski definition) is 1. The monoisotopic (exact) mass is 349 g/mol. The highest BCUT2D eigenvalue weighted by Crippen LogP contribution is 2.40. The molecule has 0 aliphatic rings.